The van der Waals surface area contributed by atoms with Crippen molar-refractivity contribution in [1.82, 2.24) is 4.90 Å². The smallest absolute Gasteiger partial charge is 0.421 e. The van der Waals surface area contributed by atoms with Crippen molar-refractivity contribution in [3.63, 3.8) is 0 Å². The first kappa shape index (κ1) is 18.6. The molecule has 0 spiro atoms. The van der Waals surface area contributed by atoms with Crippen LogP contribution in [0.15, 0.2) is 0 Å². The molecule has 0 atom stereocenters. The molecule has 0 heterocycles. The zero-order valence-electron chi connectivity index (χ0n) is 12.2. The predicted octanol–water partition coefficient (Wildman–Crippen LogP) is 1.42. The van der Waals surface area contributed by atoms with E-state index in [0.29, 0.717) is 6.42 Å². The highest BCUT2D eigenvalue weighted by Gasteiger charge is 2.27. The van der Waals surface area contributed by atoms with Crippen LogP contribution < -0.4 is 0 Å². The Hall–Kier alpha value is -1.44. The molecule has 8 heteroatoms. The minimum Gasteiger partial charge on any atom is -0.461 e. The maximum Gasteiger partial charge on any atom is 0.421 e. The molecule has 1 amide bonds. The molecule has 0 saturated carbocycles. The number of amides is 1. The first-order valence-corrected chi connectivity index (χ1v) is 6.50. The van der Waals surface area contributed by atoms with Crippen LogP contribution in [0, 0.1) is 5.41 Å². The van der Waals surface area contributed by atoms with E-state index in [0.717, 1.165) is 0 Å². The van der Waals surface area contributed by atoms with Gasteiger partial charge in [-0.15, -0.1) is 0 Å². The minimum absolute atomic E-state index is 0.0209. The van der Waals surface area contributed by atoms with E-state index in [4.69, 9.17) is 9.47 Å². The van der Waals surface area contributed by atoms with Crippen molar-refractivity contribution in [3.8, 4) is 0 Å². The number of nitrogens with zero attached hydrogens (tertiary/aromatic N) is 1. The second kappa shape index (κ2) is 8.68. The van der Waals surface area contributed by atoms with Crippen molar-refractivity contribution in [3.05, 3.63) is 0 Å². The van der Waals surface area contributed by atoms with Crippen LogP contribution in [0.25, 0.3) is 0 Å². The van der Waals surface area contributed by atoms with Crippen LogP contribution in [0.2, 0.25) is 0 Å². The largest absolute Gasteiger partial charge is 0.461 e. The van der Waals surface area contributed by atoms with E-state index in [1.165, 1.54) is 11.9 Å². The Kier molecular flexibility index (Phi) is 8.05. The van der Waals surface area contributed by atoms with Gasteiger partial charge in [-0.05, 0) is 20.3 Å². The summed E-state index contributed by atoms with van der Waals surface area (Å²) in [6.45, 7) is 5.02. The lowest BCUT2D eigenvalue weighted by Gasteiger charge is -2.20. The van der Waals surface area contributed by atoms with Crippen LogP contribution in [0.5, 0.6) is 0 Å². The number of carbonyl (C=O) groups is 3. The number of carbonyl (C=O) groups excluding carboxylic acids is 3. The molecule has 0 aliphatic rings. The Morgan fingerprint density at radius 2 is 1.80 bits per heavy atom. The summed E-state index contributed by atoms with van der Waals surface area (Å²) in [5, 5.41) is 0. The van der Waals surface area contributed by atoms with Crippen molar-refractivity contribution < 1.29 is 28.0 Å². The Labute approximate surface area is 124 Å². The van der Waals surface area contributed by atoms with Crippen molar-refractivity contribution in [2.75, 3.05) is 26.8 Å². The van der Waals surface area contributed by atoms with Gasteiger partial charge in [0.15, 0.2) is 6.61 Å². The molecule has 0 unspecified atom stereocenters. The fraction of sp³-hybridized carbons (Fsp3) is 0.750. The van der Waals surface area contributed by atoms with Crippen molar-refractivity contribution in [2.45, 2.75) is 27.2 Å². The standard InChI is InChI=1S/C12H21NO6S/c1-5-12(2,3)10(15)18-8-9(14)17-7-6-13(4)11(16)19-20/h20H,5-8H2,1-4H3. The average molecular weight is 307 g/mol. The number of rotatable bonds is 7. The number of hydrogen-bond acceptors (Lipinski definition) is 7. The molecule has 116 valence electrons. The molecule has 7 nitrogen and oxygen atoms in total. The third-order valence-electron chi connectivity index (χ3n) is 2.84. The van der Waals surface area contributed by atoms with E-state index < -0.39 is 30.1 Å². The van der Waals surface area contributed by atoms with Crippen molar-refractivity contribution in [1.29, 1.82) is 0 Å². The van der Waals surface area contributed by atoms with Crippen LogP contribution in [0.1, 0.15) is 27.2 Å². The lowest BCUT2D eigenvalue weighted by Crippen LogP contribution is -2.31. The van der Waals surface area contributed by atoms with Gasteiger partial charge in [-0.25, -0.2) is 9.59 Å². The maximum atomic E-state index is 11.6. The summed E-state index contributed by atoms with van der Waals surface area (Å²) in [5.41, 5.74) is -0.628. The van der Waals surface area contributed by atoms with Crippen molar-refractivity contribution >= 4 is 30.9 Å². The SMILES string of the molecule is CCC(C)(C)C(=O)OCC(=O)OCCN(C)C(=O)OS. The average Bonchev–Trinajstić information content (AvgIpc) is 2.43. The van der Waals surface area contributed by atoms with Gasteiger partial charge in [0, 0.05) is 20.0 Å². The van der Waals surface area contributed by atoms with Gasteiger partial charge in [0.25, 0.3) is 0 Å². The first-order valence-electron chi connectivity index (χ1n) is 6.14. The lowest BCUT2D eigenvalue weighted by molar-refractivity contribution is -0.164. The molecular weight excluding hydrogens is 286 g/mol. The van der Waals surface area contributed by atoms with E-state index >= 15 is 0 Å². The summed E-state index contributed by atoms with van der Waals surface area (Å²) in [6, 6.07) is 0. The summed E-state index contributed by atoms with van der Waals surface area (Å²) in [6.07, 6.45) is -0.0437. The van der Waals surface area contributed by atoms with Crippen molar-refractivity contribution in [2.24, 2.45) is 5.41 Å². The Morgan fingerprint density at radius 1 is 1.20 bits per heavy atom. The number of esters is 2. The molecule has 0 N–H and O–H groups in total. The second-order valence-corrected chi connectivity index (χ2v) is 5.00. The van der Waals surface area contributed by atoms with E-state index in [2.05, 4.69) is 17.1 Å². The zero-order valence-corrected chi connectivity index (χ0v) is 13.1. The summed E-state index contributed by atoms with van der Waals surface area (Å²) in [5.74, 6) is -1.12. The fourth-order valence-electron chi connectivity index (χ4n) is 0.963. The fourth-order valence-corrected chi connectivity index (χ4v) is 1.10. The second-order valence-electron chi connectivity index (χ2n) is 4.81. The lowest BCUT2D eigenvalue weighted by atomic mass is 9.91. The molecular formula is C12H21NO6S. The predicted molar refractivity (Wildman–Crippen MR) is 74.1 cm³/mol. The van der Waals surface area contributed by atoms with Gasteiger partial charge in [-0.1, -0.05) is 6.92 Å². The molecule has 0 saturated heterocycles. The number of ether oxygens (including phenoxy) is 2. The van der Waals surface area contributed by atoms with Gasteiger partial charge in [0.2, 0.25) is 0 Å². The Balaban J connectivity index is 3.91. The minimum atomic E-state index is -0.669. The summed E-state index contributed by atoms with van der Waals surface area (Å²) in [4.78, 5) is 35.1. The van der Waals surface area contributed by atoms with Crippen LogP contribution in [-0.4, -0.2) is 49.7 Å². The summed E-state index contributed by atoms with van der Waals surface area (Å²) < 4.78 is 13.8. The van der Waals surface area contributed by atoms with Gasteiger partial charge in [-0.2, -0.15) is 0 Å². The first-order chi connectivity index (χ1) is 9.24. The normalized spacial score (nSPS) is 10.7. The number of hydrogen-bond donors (Lipinski definition) is 1. The molecule has 0 aromatic carbocycles. The molecule has 0 aliphatic carbocycles. The van der Waals surface area contributed by atoms with E-state index in [1.54, 1.807) is 13.8 Å². The number of thiol groups is 1. The van der Waals surface area contributed by atoms with Gasteiger partial charge in [0.05, 0.1) is 12.0 Å². The van der Waals surface area contributed by atoms with E-state index in [9.17, 15) is 14.4 Å². The van der Waals surface area contributed by atoms with Gasteiger partial charge < -0.3 is 18.6 Å². The molecule has 0 aromatic rings. The monoisotopic (exact) mass is 307 g/mol. The quantitative estimate of drug-likeness (QED) is 0.331. The Morgan fingerprint density at radius 3 is 2.30 bits per heavy atom. The number of likely N-dealkylation sites (N-methyl/N-ethyl adjacent to an activating group) is 1. The van der Waals surface area contributed by atoms with Crippen LogP contribution in [0.4, 0.5) is 4.79 Å². The maximum absolute atomic E-state index is 11.6. The van der Waals surface area contributed by atoms with Gasteiger partial charge in [0.1, 0.15) is 6.61 Å². The molecule has 0 rings (SSSR count). The summed E-state index contributed by atoms with van der Waals surface area (Å²) in [7, 11) is 1.47. The van der Waals surface area contributed by atoms with E-state index in [-0.39, 0.29) is 13.2 Å². The topological polar surface area (TPSA) is 82.1 Å². The molecule has 0 aromatic heterocycles. The molecule has 0 aliphatic heterocycles. The summed E-state index contributed by atoms with van der Waals surface area (Å²) >= 11 is 3.35. The van der Waals surface area contributed by atoms with E-state index in [1.807, 2.05) is 6.92 Å². The molecule has 0 fully saturated rings. The van der Waals surface area contributed by atoms with Crippen LogP contribution in [-0.2, 0) is 23.2 Å². The highest BCUT2D eigenvalue weighted by molar-refractivity contribution is 7.75. The van der Waals surface area contributed by atoms with Gasteiger partial charge in [-0.3, -0.25) is 4.79 Å². The van der Waals surface area contributed by atoms with Crippen LogP contribution >= 0.6 is 12.9 Å². The zero-order chi connectivity index (χ0) is 15.8. The van der Waals surface area contributed by atoms with Crippen LogP contribution in [0.3, 0.4) is 0 Å². The Bertz CT molecular complexity index is 358. The highest BCUT2D eigenvalue weighted by Crippen LogP contribution is 2.21. The van der Waals surface area contributed by atoms with Gasteiger partial charge >= 0.3 is 18.0 Å². The third-order valence-corrected chi connectivity index (χ3v) is 2.99. The highest BCUT2D eigenvalue weighted by atomic mass is 32.1. The molecule has 0 radical (unpaired) electrons. The molecule has 0 bridgehead atoms. The molecule has 20 heavy (non-hydrogen) atoms. The third kappa shape index (κ3) is 6.65.